The Bertz CT molecular complexity index is 788. The van der Waals surface area contributed by atoms with Crippen LogP contribution in [-0.4, -0.2) is 23.3 Å². The van der Waals surface area contributed by atoms with E-state index in [1.54, 1.807) is 12.1 Å². The summed E-state index contributed by atoms with van der Waals surface area (Å²) in [6.07, 6.45) is 4.33. The highest BCUT2D eigenvalue weighted by Crippen LogP contribution is 2.21. The van der Waals surface area contributed by atoms with Crippen molar-refractivity contribution >= 4 is 33.7 Å². The molecule has 0 aromatic heterocycles. The molecule has 0 heterocycles. The first-order valence-electron chi connectivity index (χ1n) is 8.32. The summed E-state index contributed by atoms with van der Waals surface area (Å²) in [4.78, 5) is 12.3. The minimum absolute atomic E-state index is 0.144. The van der Waals surface area contributed by atoms with E-state index >= 15 is 0 Å². The summed E-state index contributed by atoms with van der Waals surface area (Å²) in [6, 6.07) is 12.6. The zero-order chi connectivity index (χ0) is 18.9. The van der Waals surface area contributed by atoms with E-state index in [2.05, 4.69) is 38.4 Å². The van der Waals surface area contributed by atoms with Crippen LogP contribution in [0.1, 0.15) is 24.5 Å². The minimum Gasteiger partial charge on any atom is -0.507 e. The monoisotopic (exact) mass is 415 g/mol. The predicted octanol–water partition coefficient (Wildman–Crippen LogP) is 4.22. The van der Waals surface area contributed by atoms with Crippen molar-refractivity contribution in [2.24, 2.45) is 5.10 Å². The lowest BCUT2D eigenvalue weighted by molar-refractivity contribution is -0.121. The number of halogens is 1. The quantitative estimate of drug-likeness (QED) is 0.343. The minimum atomic E-state index is -0.408. The summed E-state index contributed by atoms with van der Waals surface area (Å²) >= 11 is 3.38. The molecule has 2 aromatic carbocycles. The maximum atomic E-state index is 12.3. The Kier molecular flexibility index (Phi) is 7.41. The highest BCUT2D eigenvalue weighted by molar-refractivity contribution is 9.10. The van der Waals surface area contributed by atoms with Gasteiger partial charge in [0.2, 0.25) is 0 Å². The third-order valence-corrected chi connectivity index (χ3v) is 4.33. The van der Waals surface area contributed by atoms with Crippen molar-refractivity contribution in [3.63, 3.8) is 0 Å². The lowest BCUT2D eigenvalue weighted by Gasteiger charge is -2.16. The molecule has 2 rings (SSSR count). The van der Waals surface area contributed by atoms with Gasteiger partial charge < -0.3 is 10.4 Å². The van der Waals surface area contributed by atoms with Gasteiger partial charge in [0.1, 0.15) is 11.8 Å². The van der Waals surface area contributed by atoms with Gasteiger partial charge in [0, 0.05) is 15.7 Å². The van der Waals surface area contributed by atoms with Crippen LogP contribution in [0.3, 0.4) is 0 Å². The van der Waals surface area contributed by atoms with Gasteiger partial charge in [-0.2, -0.15) is 5.10 Å². The van der Waals surface area contributed by atoms with Crippen molar-refractivity contribution in [1.29, 1.82) is 0 Å². The second-order valence-corrected chi connectivity index (χ2v) is 6.61. The van der Waals surface area contributed by atoms with E-state index in [9.17, 15) is 9.90 Å². The lowest BCUT2D eigenvalue weighted by Crippen LogP contribution is -2.36. The first-order chi connectivity index (χ1) is 12.5. The van der Waals surface area contributed by atoms with Crippen molar-refractivity contribution in [3.8, 4) is 5.75 Å². The fraction of sp³-hybridized carbons (Fsp3) is 0.200. The largest absolute Gasteiger partial charge is 0.507 e. The van der Waals surface area contributed by atoms with Gasteiger partial charge >= 0.3 is 0 Å². The predicted molar refractivity (Wildman–Crippen MR) is 110 cm³/mol. The van der Waals surface area contributed by atoms with Crippen LogP contribution >= 0.6 is 15.9 Å². The van der Waals surface area contributed by atoms with Crippen LogP contribution in [0.4, 0.5) is 5.69 Å². The van der Waals surface area contributed by atoms with Crippen molar-refractivity contribution in [3.05, 3.63) is 70.7 Å². The number of benzene rings is 2. The number of hydrazone groups is 1. The molecule has 0 spiro atoms. The molecule has 26 heavy (non-hydrogen) atoms. The maximum Gasteiger partial charge on any atom is 0.262 e. The van der Waals surface area contributed by atoms with Gasteiger partial charge in [-0.05, 0) is 48.7 Å². The highest BCUT2D eigenvalue weighted by atomic mass is 79.9. The molecule has 1 unspecified atom stereocenters. The third kappa shape index (κ3) is 5.46. The topological polar surface area (TPSA) is 73.7 Å². The Hall–Kier alpha value is -2.60. The normalized spacial score (nSPS) is 11.9. The molecule has 0 bridgehead atoms. The molecule has 3 N–H and O–H groups in total. The fourth-order valence-corrected chi connectivity index (χ4v) is 2.64. The molecule has 0 aliphatic carbocycles. The fourth-order valence-electron chi connectivity index (χ4n) is 2.38. The van der Waals surface area contributed by atoms with Gasteiger partial charge in [-0.25, -0.2) is 5.43 Å². The van der Waals surface area contributed by atoms with E-state index in [1.165, 1.54) is 6.21 Å². The average molecular weight is 416 g/mol. The molecular weight excluding hydrogens is 394 g/mol. The molecule has 0 saturated heterocycles. The Balaban J connectivity index is 1.99. The molecule has 5 nitrogen and oxygen atoms in total. The number of amides is 1. The summed E-state index contributed by atoms with van der Waals surface area (Å²) < 4.78 is 0.976. The van der Waals surface area contributed by atoms with Gasteiger partial charge in [0.05, 0.1) is 6.21 Å². The second kappa shape index (κ2) is 9.77. The first-order valence-corrected chi connectivity index (χ1v) is 9.11. The Labute approximate surface area is 162 Å². The number of phenols is 1. The van der Waals surface area contributed by atoms with Crippen LogP contribution in [0.5, 0.6) is 5.75 Å². The highest BCUT2D eigenvalue weighted by Gasteiger charge is 2.15. The van der Waals surface area contributed by atoms with E-state index in [0.29, 0.717) is 18.4 Å². The molecule has 1 amide bonds. The molecular formula is C20H22BrN3O2. The maximum absolute atomic E-state index is 12.3. The molecule has 2 aromatic rings. The van der Waals surface area contributed by atoms with Crippen LogP contribution in [0, 0.1) is 0 Å². The van der Waals surface area contributed by atoms with E-state index in [-0.39, 0.29) is 11.7 Å². The molecule has 0 aliphatic heterocycles. The number of phenolic OH excluding ortho intramolecular Hbond substituents is 1. The van der Waals surface area contributed by atoms with E-state index in [0.717, 1.165) is 15.7 Å². The molecule has 0 saturated carbocycles. The van der Waals surface area contributed by atoms with Gasteiger partial charge in [-0.15, -0.1) is 6.58 Å². The zero-order valence-electron chi connectivity index (χ0n) is 14.6. The first kappa shape index (κ1) is 19.7. The molecule has 0 radical (unpaired) electrons. The van der Waals surface area contributed by atoms with Crippen LogP contribution in [-0.2, 0) is 11.2 Å². The number of nitrogens with zero attached hydrogens (tertiary/aromatic N) is 1. The summed E-state index contributed by atoms with van der Waals surface area (Å²) in [6.45, 7) is 5.59. The van der Waals surface area contributed by atoms with Gasteiger partial charge in [-0.1, -0.05) is 41.1 Å². The van der Waals surface area contributed by atoms with Crippen molar-refractivity contribution in [1.82, 2.24) is 5.43 Å². The van der Waals surface area contributed by atoms with Crippen molar-refractivity contribution in [2.45, 2.75) is 25.8 Å². The molecule has 136 valence electrons. The van der Waals surface area contributed by atoms with Gasteiger partial charge in [-0.3, -0.25) is 4.79 Å². The summed E-state index contributed by atoms with van der Waals surface area (Å²) in [5, 5.41) is 17.3. The smallest absolute Gasteiger partial charge is 0.262 e. The number of allylic oxidation sites excluding steroid dienone is 1. The summed E-state index contributed by atoms with van der Waals surface area (Å²) in [5.41, 5.74) is 4.68. The van der Waals surface area contributed by atoms with Crippen molar-refractivity contribution in [2.75, 3.05) is 5.32 Å². The molecule has 1 atom stereocenters. The Morgan fingerprint density at radius 1 is 1.31 bits per heavy atom. The summed E-state index contributed by atoms with van der Waals surface area (Å²) in [7, 11) is 0. The van der Waals surface area contributed by atoms with Crippen molar-refractivity contribution < 1.29 is 9.90 Å². The van der Waals surface area contributed by atoms with Crippen LogP contribution in [0.15, 0.2) is 64.7 Å². The Morgan fingerprint density at radius 2 is 2.04 bits per heavy atom. The van der Waals surface area contributed by atoms with E-state index < -0.39 is 6.04 Å². The lowest BCUT2D eigenvalue weighted by atomic mass is 10.1. The van der Waals surface area contributed by atoms with Crippen LogP contribution < -0.4 is 10.7 Å². The number of anilines is 1. The molecule has 0 aliphatic rings. The van der Waals surface area contributed by atoms with Crippen LogP contribution in [0.2, 0.25) is 0 Å². The number of rotatable bonds is 8. The summed E-state index contributed by atoms with van der Waals surface area (Å²) in [5.74, 6) is -0.0983. The zero-order valence-corrected chi connectivity index (χ0v) is 16.2. The third-order valence-electron chi connectivity index (χ3n) is 3.80. The second-order valence-electron chi connectivity index (χ2n) is 5.69. The standard InChI is InChI=1S/C20H22BrN3O2/c1-3-6-14-7-5-8-15(19(14)25)13-22-24-20(26)18(4-2)23-17-11-9-16(21)10-12-17/h3,5,7-13,18,23,25H,1,4,6H2,2H3,(H,24,26). The number of carbonyl (C=O) groups is 1. The Morgan fingerprint density at radius 3 is 2.69 bits per heavy atom. The number of nitrogens with one attached hydrogen (secondary N) is 2. The SMILES string of the molecule is C=CCc1cccc(C=NNC(=O)C(CC)Nc2ccc(Br)cc2)c1O. The van der Waals surface area contributed by atoms with E-state index in [4.69, 9.17) is 0 Å². The van der Waals surface area contributed by atoms with Crippen LogP contribution in [0.25, 0.3) is 0 Å². The molecule has 6 heteroatoms. The number of hydrogen-bond acceptors (Lipinski definition) is 4. The number of hydrogen-bond donors (Lipinski definition) is 3. The van der Waals surface area contributed by atoms with E-state index in [1.807, 2.05) is 43.3 Å². The average Bonchev–Trinajstić information content (AvgIpc) is 2.64. The number of para-hydroxylation sites is 1. The van der Waals surface area contributed by atoms with Gasteiger partial charge in [0.15, 0.2) is 0 Å². The van der Waals surface area contributed by atoms with Gasteiger partial charge in [0.25, 0.3) is 5.91 Å². The molecule has 0 fully saturated rings. The number of aromatic hydroxyl groups is 1. The number of carbonyl (C=O) groups excluding carboxylic acids is 1.